The summed E-state index contributed by atoms with van der Waals surface area (Å²) in [6, 6.07) is 27.9. The van der Waals surface area contributed by atoms with Crippen LogP contribution in [0.3, 0.4) is 0 Å². The van der Waals surface area contributed by atoms with Gasteiger partial charge in [0.25, 0.3) is 0 Å². The Balaban J connectivity index is 1.45. The third-order valence-electron chi connectivity index (χ3n) is 5.74. The van der Waals surface area contributed by atoms with Crippen LogP contribution < -0.4 is 10.2 Å². The van der Waals surface area contributed by atoms with E-state index in [0.29, 0.717) is 0 Å². The van der Waals surface area contributed by atoms with E-state index in [0.717, 1.165) is 26.2 Å². The van der Waals surface area contributed by atoms with E-state index in [4.69, 9.17) is 0 Å². The van der Waals surface area contributed by atoms with Crippen molar-refractivity contribution in [1.29, 1.82) is 0 Å². The van der Waals surface area contributed by atoms with Crippen LogP contribution in [0.2, 0.25) is 0 Å². The van der Waals surface area contributed by atoms with E-state index < -0.39 is 0 Å². The first-order valence-corrected chi connectivity index (χ1v) is 10.8. The van der Waals surface area contributed by atoms with Gasteiger partial charge in [-0.05, 0) is 41.3 Å². The molecule has 0 radical (unpaired) electrons. The number of aromatic nitrogens is 2. The van der Waals surface area contributed by atoms with E-state index >= 15 is 0 Å². The van der Waals surface area contributed by atoms with Crippen LogP contribution in [0.1, 0.15) is 16.8 Å². The van der Waals surface area contributed by atoms with Gasteiger partial charge in [-0.3, -0.25) is 0 Å². The zero-order chi connectivity index (χ0) is 21.5. The maximum absolute atomic E-state index is 4.29. The van der Waals surface area contributed by atoms with Crippen LogP contribution in [0.15, 0.2) is 91.4 Å². The first-order chi connectivity index (χ1) is 15.2. The summed E-state index contributed by atoms with van der Waals surface area (Å²) in [5.41, 5.74) is 7.59. The van der Waals surface area contributed by atoms with Gasteiger partial charge >= 0.3 is 0 Å². The summed E-state index contributed by atoms with van der Waals surface area (Å²) < 4.78 is 2.09. The van der Waals surface area contributed by atoms with Crippen molar-refractivity contribution >= 4 is 5.69 Å². The molecule has 1 aromatic heterocycles. The predicted molar refractivity (Wildman–Crippen MR) is 129 cm³/mol. The molecule has 4 nitrogen and oxygen atoms in total. The number of rotatable bonds is 9. The molecular formula is C27H30N4. The van der Waals surface area contributed by atoms with E-state index in [-0.39, 0.29) is 0 Å². The molecule has 0 aliphatic heterocycles. The minimum Gasteiger partial charge on any atom is -0.364 e. The van der Waals surface area contributed by atoms with Crippen LogP contribution in [0, 0.1) is 6.92 Å². The Morgan fingerprint density at radius 1 is 0.871 bits per heavy atom. The Morgan fingerprint density at radius 2 is 1.58 bits per heavy atom. The normalized spacial score (nSPS) is 10.9. The molecule has 0 fully saturated rings. The van der Waals surface area contributed by atoms with Gasteiger partial charge in [0.1, 0.15) is 0 Å². The number of benzene rings is 3. The number of nitrogens with zero attached hydrogens (tertiary/aromatic N) is 3. The quantitative estimate of drug-likeness (QED) is 0.385. The molecule has 4 heteroatoms. The highest BCUT2D eigenvalue weighted by molar-refractivity contribution is 5.66. The molecule has 0 amide bonds. The Labute approximate surface area is 185 Å². The molecule has 1 heterocycles. The fraction of sp³-hybridized carbons (Fsp3) is 0.222. The van der Waals surface area contributed by atoms with Crippen molar-refractivity contribution in [3.8, 4) is 11.1 Å². The zero-order valence-corrected chi connectivity index (χ0v) is 18.3. The minimum atomic E-state index is 0.827. The van der Waals surface area contributed by atoms with Gasteiger partial charge < -0.3 is 14.8 Å². The number of nitrogens with one attached hydrogen (secondary N) is 1. The molecule has 0 atom stereocenters. The highest BCUT2D eigenvalue weighted by atomic mass is 15.2. The largest absolute Gasteiger partial charge is 0.364 e. The summed E-state index contributed by atoms with van der Waals surface area (Å²) in [4.78, 5) is 6.70. The van der Waals surface area contributed by atoms with Gasteiger partial charge in [-0.25, -0.2) is 4.98 Å². The van der Waals surface area contributed by atoms with Gasteiger partial charge in [0.15, 0.2) is 0 Å². The Bertz CT molecular complexity index is 1080. The van der Waals surface area contributed by atoms with Crippen LogP contribution in [0.4, 0.5) is 5.69 Å². The smallest absolute Gasteiger partial charge is 0.0946 e. The van der Waals surface area contributed by atoms with Crippen LogP contribution in [-0.4, -0.2) is 22.6 Å². The van der Waals surface area contributed by atoms with E-state index in [1.54, 1.807) is 0 Å². The topological polar surface area (TPSA) is 33.1 Å². The SMILES string of the molecule is Cc1ccccc1CNCCN(Cc1cncn1C)c1ccc(-c2ccccc2)cc1. The van der Waals surface area contributed by atoms with Crippen molar-refractivity contribution in [2.24, 2.45) is 7.05 Å². The monoisotopic (exact) mass is 410 g/mol. The first-order valence-electron chi connectivity index (χ1n) is 10.8. The molecule has 1 N–H and O–H groups in total. The molecule has 158 valence electrons. The molecule has 31 heavy (non-hydrogen) atoms. The molecule has 0 aliphatic rings. The van der Waals surface area contributed by atoms with Crippen molar-refractivity contribution in [3.63, 3.8) is 0 Å². The fourth-order valence-electron chi connectivity index (χ4n) is 3.77. The maximum atomic E-state index is 4.29. The van der Waals surface area contributed by atoms with Gasteiger partial charge in [-0.15, -0.1) is 0 Å². The lowest BCUT2D eigenvalue weighted by molar-refractivity contribution is 0.646. The van der Waals surface area contributed by atoms with Crippen molar-refractivity contribution in [2.75, 3.05) is 18.0 Å². The van der Waals surface area contributed by atoms with Crippen molar-refractivity contribution < 1.29 is 0 Å². The summed E-state index contributed by atoms with van der Waals surface area (Å²) in [7, 11) is 2.05. The van der Waals surface area contributed by atoms with E-state index in [2.05, 4.69) is 113 Å². The fourth-order valence-corrected chi connectivity index (χ4v) is 3.77. The lowest BCUT2D eigenvalue weighted by atomic mass is 10.1. The number of aryl methyl sites for hydroxylation is 2. The lowest BCUT2D eigenvalue weighted by Crippen LogP contribution is -2.32. The van der Waals surface area contributed by atoms with Crippen LogP contribution in [0.5, 0.6) is 0 Å². The van der Waals surface area contributed by atoms with Gasteiger partial charge in [0.05, 0.1) is 18.6 Å². The van der Waals surface area contributed by atoms with Gasteiger partial charge in [0, 0.05) is 38.6 Å². The second kappa shape index (κ2) is 10.1. The number of hydrogen-bond acceptors (Lipinski definition) is 3. The number of imidazole rings is 1. The highest BCUT2D eigenvalue weighted by Gasteiger charge is 2.10. The van der Waals surface area contributed by atoms with Crippen LogP contribution in [-0.2, 0) is 20.1 Å². The third-order valence-corrected chi connectivity index (χ3v) is 5.74. The maximum Gasteiger partial charge on any atom is 0.0946 e. The summed E-state index contributed by atoms with van der Waals surface area (Å²) in [6.45, 7) is 5.71. The number of hydrogen-bond donors (Lipinski definition) is 1. The standard InChI is InChI=1S/C27H30N4/c1-22-8-6-7-11-25(22)18-28-16-17-31(20-27-19-29-21-30(27)2)26-14-12-24(13-15-26)23-9-4-3-5-10-23/h3-15,19,21,28H,16-18,20H2,1-2H3. The minimum absolute atomic E-state index is 0.827. The van der Waals surface area contributed by atoms with Crippen molar-refractivity contribution in [3.05, 3.63) is 108 Å². The van der Waals surface area contributed by atoms with Gasteiger partial charge in [-0.2, -0.15) is 0 Å². The summed E-state index contributed by atoms with van der Waals surface area (Å²) in [5.74, 6) is 0. The molecule has 4 rings (SSSR count). The summed E-state index contributed by atoms with van der Waals surface area (Å²) >= 11 is 0. The second-order valence-corrected chi connectivity index (χ2v) is 7.93. The Hall–Kier alpha value is -3.37. The number of anilines is 1. The first kappa shape index (κ1) is 20.9. The van der Waals surface area contributed by atoms with Gasteiger partial charge in [0.2, 0.25) is 0 Å². The molecule has 0 unspecified atom stereocenters. The van der Waals surface area contributed by atoms with Crippen molar-refractivity contribution in [2.45, 2.75) is 20.0 Å². The van der Waals surface area contributed by atoms with Crippen LogP contribution in [0.25, 0.3) is 11.1 Å². The van der Waals surface area contributed by atoms with E-state index in [1.807, 2.05) is 12.5 Å². The molecule has 4 aromatic rings. The van der Waals surface area contributed by atoms with Crippen LogP contribution >= 0.6 is 0 Å². The van der Waals surface area contributed by atoms with E-state index in [1.165, 1.54) is 33.6 Å². The Kier molecular flexibility index (Phi) is 6.80. The average Bonchev–Trinajstić information content (AvgIpc) is 3.22. The molecule has 0 saturated heterocycles. The average molecular weight is 411 g/mol. The highest BCUT2D eigenvalue weighted by Crippen LogP contribution is 2.24. The third kappa shape index (κ3) is 5.41. The molecule has 3 aromatic carbocycles. The molecule has 0 bridgehead atoms. The second-order valence-electron chi connectivity index (χ2n) is 7.93. The zero-order valence-electron chi connectivity index (χ0n) is 18.3. The predicted octanol–water partition coefficient (Wildman–Crippen LogP) is 5.19. The molecule has 0 aliphatic carbocycles. The van der Waals surface area contributed by atoms with Gasteiger partial charge in [-0.1, -0.05) is 66.7 Å². The summed E-state index contributed by atoms with van der Waals surface area (Å²) in [5, 5.41) is 3.61. The molecule has 0 spiro atoms. The molecule has 0 saturated carbocycles. The lowest BCUT2D eigenvalue weighted by Gasteiger charge is -2.25. The molecular weight excluding hydrogens is 380 g/mol. The Morgan fingerprint density at radius 3 is 2.29 bits per heavy atom. The van der Waals surface area contributed by atoms with Crippen molar-refractivity contribution in [1.82, 2.24) is 14.9 Å². The van der Waals surface area contributed by atoms with E-state index in [9.17, 15) is 0 Å². The summed E-state index contributed by atoms with van der Waals surface area (Å²) in [6.07, 6.45) is 3.81.